The fourth-order valence-electron chi connectivity index (χ4n) is 1.88. The van der Waals surface area contributed by atoms with E-state index >= 15 is 0 Å². The summed E-state index contributed by atoms with van der Waals surface area (Å²) in [5.41, 5.74) is 0.246. The van der Waals surface area contributed by atoms with Crippen molar-refractivity contribution in [2.45, 2.75) is 19.0 Å². The summed E-state index contributed by atoms with van der Waals surface area (Å²) in [6, 6.07) is 5.52. The van der Waals surface area contributed by atoms with Gasteiger partial charge in [0.05, 0.1) is 18.2 Å². The molecule has 8 nitrogen and oxygen atoms in total. The van der Waals surface area contributed by atoms with E-state index in [1.165, 1.54) is 18.2 Å². The molecule has 0 saturated carbocycles. The lowest BCUT2D eigenvalue weighted by molar-refractivity contribution is -0.122. The lowest BCUT2D eigenvalue weighted by atomic mass is 10.2. The summed E-state index contributed by atoms with van der Waals surface area (Å²) in [6.45, 7) is -0.0890. The average Bonchev–Trinajstić information content (AvgIpc) is 2.52. The monoisotopic (exact) mass is 370 g/mol. The first-order valence-corrected chi connectivity index (χ1v) is 9.39. The highest BCUT2D eigenvalue weighted by Crippen LogP contribution is 2.05. The maximum Gasteiger partial charge on any atom is 0.315 e. The number of urea groups is 1. The number of nitriles is 1. The Kier molecular flexibility index (Phi) is 7.81. The van der Waals surface area contributed by atoms with Crippen LogP contribution in [0.2, 0.25) is 0 Å². The summed E-state index contributed by atoms with van der Waals surface area (Å²) in [6.07, 6.45) is 0.984. The van der Waals surface area contributed by atoms with E-state index in [1.54, 1.807) is 6.07 Å². The minimum Gasteiger partial charge on any atom is -0.353 e. The SMILES string of the molecule is CS(=O)(=O)CC(NC(=O)NCc1ccccc1F)C(=O)NCCC#N. The zero-order valence-electron chi connectivity index (χ0n) is 13.6. The van der Waals surface area contributed by atoms with Crippen LogP contribution >= 0.6 is 0 Å². The molecule has 0 aromatic heterocycles. The molecule has 0 aliphatic carbocycles. The van der Waals surface area contributed by atoms with E-state index in [0.717, 1.165) is 6.26 Å². The van der Waals surface area contributed by atoms with Gasteiger partial charge in [-0.3, -0.25) is 4.79 Å². The Morgan fingerprint density at radius 2 is 1.96 bits per heavy atom. The number of hydrogen-bond donors (Lipinski definition) is 3. The van der Waals surface area contributed by atoms with Gasteiger partial charge in [-0.05, 0) is 6.07 Å². The van der Waals surface area contributed by atoms with Crippen molar-refractivity contribution in [2.24, 2.45) is 0 Å². The van der Waals surface area contributed by atoms with Crippen LogP contribution in [-0.4, -0.2) is 45.0 Å². The Bertz CT molecular complexity index is 761. The normalized spacial score (nSPS) is 11.9. The van der Waals surface area contributed by atoms with Gasteiger partial charge in [-0.25, -0.2) is 17.6 Å². The highest BCUT2D eigenvalue weighted by atomic mass is 32.2. The summed E-state index contributed by atoms with van der Waals surface area (Å²) in [7, 11) is -3.55. The molecule has 25 heavy (non-hydrogen) atoms. The Morgan fingerprint density at radius 1 is 1.28 bits per heavy atom. The van der Waals surface area contributed by atoms with Crippen molar-refractivity contribution in [3.05, 3.63) is 35.6 Å². The zero-order valence-corrected chi connectivity index (χ0v) is 14.4. The third-order valence-corrected chi connectivity index (χ3v) is 3.96. The van der Waals surface area contributed by atoms with Gasteiger partial charge in [-0.2, -0.15) is 5.26 Å². The van der Waals surface area contributed by atoms with Crippen molar-refractivity contribution < 1.29 is 22.4 Å². The Labute approximate surface area is 145 Å². The number of benzene rings is 1. The van der Waals surface area contributed by atoms with Gasteiger partial charge in [0.1, 0.15) is 21.7 Å². The maximum absolute atomic E-state index is 13.5. The van der Waals surface area contributed by atoms with Crippen molar-refractivity contribution in [3.63, 3.8) is 0 Å². The molecule has 0 fully saturated rings. The first-order valence-electron chi connectivity index (χ1n) is 7.33. The van der Waals surface area contributed by atoms with Crippen molar-refractivity contribution in [2.75, 3.05) is 18.6 Å². The number of halogens is 1. The summed E-state index contributed by atoms with van der Waals surface area (Å²) in [5.74, 6) is -1.81. The van der Waals surface area contributed by atoms with Gasteiger partial charge in [0, 0.05) is 24.9 Å². The van der Waals surface area contributed by atoms with Crippen LogP contribution in [0.15, 0.2) is 24.3 Å². The molecule has 0 radical (unpaired) electrons. The van der Waals surface area contributed by atoms with E-state index < -0.39 is 39.4 Å². The number of nitrogens with zero attached hydrogens (tertiary/aromatic N) is 1. The molecule has 10 heteroatoms. The largest absolute Gasteiger partial charge is 0.353 e. The first-order chi connectivity index (χ1) is 11.7. The number of sulfone groups is 1. The third kappa shape index (κ3) is 8.12. The van der Waals surface area contributed by atoms with E-state index in [-0.39, 0.29) is 25.1 Å². The molecule has 3 N–H and O–H groups in total. The second kappa shape index (κ2) is 9.58. The van der Waals surface area contributed by atoms with E-state index in [4.69, 9.17) is 5.26 Å². The number of nitrogens with one attached hydrogen (secondary N) is 3. The second-order valence-electron chi connectivity index (χ2n) is 5.26. The van der Waals surface area contributed by atoms with E-state index in [1.807, 2.05) is 6.07 Å². The predicted octanol–water partition coefficient (Wildman–Crippen LogP) is 0.0680. The molecule has 136 valence electrons. The quantitative estimate of drug-likeness (QED) is 0.558. The van der Waals surface area contributed by atoms with Crippen molar-refractivity contribution in [1.82, 2.24) is 16.0 Å². The van der Waals surface area contributed by atoms with Gasteiger partial charge in [-0.15, -0.1) is 0 Å². The highest BCUT2D eigenvalue weighted by Gasteiger charge is 2.24. The molecular formula is C15H19FN4O4S. The van der Waals surface area contributed by atoms with Gasteiger partial charge in [0.2, 0.25) is 5.91 Å². The molecule has 0 aliphatic rings. The smallest absolute Gasteiger partial charge is 0.315 e. The van der Waals surface area contributed by atoms with Gasteiger partial charge in [0.15, 0.2) is 0 Å². The van der Waals surface area contributed by atoms with Crippen LogP contribution in [0.3, 0.4) is 0 Å². The molecule has 1 aromatic rings. The predicted molar refractivity (Wildman–Crippen MR) is 88.5 cm³/mol. The standard InChI is InChI=1S/C15H19FN4O4S/c1-25(23,24)10-13(14(21)18-8-4-7-17)20-15(22)19-9-11-5-2-3-6-12(11)16/h2-3,5-6,13H,4,8-10H2,1H3,(H,18,21)(H2,19,20,22). The summed E-state index contributed by atoms with van der Waals surface area (Å²) >= 11 is 0. The van der Waals surface area contributed by atoms with Gasteiger partial charge in [0.25, 0.3) is 0 Å². The Balaban J connectivity index is 2.66. The third-order valence-electron chi connectivity index (χ3n) is 3.02. The van der Waals surface area contributed by atoms with Crippen LogP contribution in [0.4, 0.5) is 9.18 Å². The van der Waals surface area contributed by atoms with Gasteiger partial charge >= 0.3 is 6.03 Å². The van der Waals surface area contributed by atoms with Gasteiger partial charge < -0.3 is 16.0 Å². The number of rotatable bonds is 8. The van der Waals surface area contributed by atoms with E-state index in [9.17, 15) is 22.4 Å². The molecule has 0 heterocycles. The van der Waals surface area contributed by atoms with Crippen molar-refractivity contribution >= 4 is 21.8 Å². The molecule has 1 unspecified atom stereocenters. The Morgan fingerprint density at radius 3 is 2.56 bits per heavy atom. The molecule has 1 aromatic carbocycles. The first kappa shape index (κ1) is 20.4. The zero-order chi connectivity index (χ0) is 18.9. The minimum atomic E-state index is -3.55. The lowest BCUT2D eigenvalue weighted by Gasteiger charge is -2.18. The van der Waals surface area contributed by atoms with Crippen LogP contribution in [0.25, 0.3) is 0 Å². The van der Waals surface area contributed by atoms with Gasteiger partial charge in [-0.1, -0.05) is 18.2 Å². The minimum absolute atomic E-state index is 0.0358. The van der Waals surface area contributed by atoms with Crippen LogP contribution in [0.5, 0.6) is 0 Å². The number of carbonyl (C=O) groups excluding carboxylic acids is 2. The molecule has 1 atom stereocenters. The van der Waals surface area contributed by atoms with Crippen LogP contribution < -0.4 is 16.0 Å². The molecule has 0 spiro atoms. The average molecular weight is 370 g/mol. The molecular weight excluding hydrogens is 351 g/mol. The molecule has 1 rings (SSSR count). The van der Waals surface area contributed by atoms with Crippen LogP contribution in [0, 0.1) is 17.1 Å². The Hall–Kier alpha value is -2.67. The van der Waals surface area contributed by atoms with Crippen molar-refractivity contribution in [3.8, 4) is 6.07 Å². The molecule has 0 saturated heterocycles. The molecule has 0 aliphatic heterocycles. The maximum atomic E-state index is 13.5. The topological polar surface area (TPSA) is 128 Å². The van der Waals surface area contributed by atoms with E-state index in [0.29, 0.717) is 0 Å². The summed E-state index contributed by atoms with van der Waals surface area (Å²) in [5, 5.41) is 15.4. The highest BCUT2D eigenvalue weighted by molar-refractivity contribution is 7.90. The second-order valence-corrected chi connectivity index (χ2v) is 7.45. The summed E-state index contributed by atoms with van der Waals surface area (Å²) in [4.78, 5) is 23.9. The number of carbonyl (C=O) groups is 2. The lowest BCUT2D eigenvalue weighted by Crippen LogP contribution is -2.53. The number of amides is 3. The van der Waals surface area contributed by atoms with E-state index in [2.05, 4.69) is 16.0 Å². The number of hydrogen-bond acceptors (Lipinski definition) is 5. The molecule has 0 bridgehead atoms. The fourth-order valence-corrected chi connectivity index (χ4v) is 2.72. The van der Waals surface area contributed by atoms with Crippen LogP contribution in [0.1, 0.15) is 12.0 Å². The van der Waals surface area contributed by atoms with Crippen LogP contribution in [-0.2, 0) is 21.2 Å². The van der Waals surface area contributed by atoms with Crippen molar-refractivity contribution in [1.29, 1.82) is 5.26 Å². The molecule has 3 amide bonds. The summed E-state index contributed by atoms with van der Waals surface area (Å²) < 4.78 is 36.3. The fraction of sp³-hybridized carbons (Fsp3) is 0.400.